The van der Waals surface area contributed by atoms with Gasteiger partial charge in [0.25, 0.3) is 5.69 Å². The van der Waals surface area contributed by atoms with Gasteiger partial charge in [0.2, 0.25) is 0 Å². The van der Waals surface area contributed by atoms with Gasteiger partial charge in [-0.1, -0.05) is 11.6 Å². The summed E-state index contributed by atoms with van der Waals surface area (Å²) in [5.74, 6) is 0.707. The third-order valence-electron chi connectivity index (χ3n) is 4.45. The molecule has 0 radical (unpaired) electrons. The van der Waals surface area contributed by atoms with Gasteiger partial charge in [-0.25, -0.2) is 0 Å². The van der Waals surface area contributed by atoms with Crippen LogP contribution in [0.5, 0.6) is 0 Å². The average Bonchev–Trinajstić information content (AvgIpc) is 2.46. The summed E-state index contributed by atoms with van der Waals surface area (Å²) in [6.07, 6.45) is 2.46. The molecule has 1 aromatic rings. The van der Waals surface area contributed by atoms with Crippen LogP contribution in [-0.2, 0) is 6.54 Å². The van der Waals surface area contributed by atoms with Crippen molar-refractivity contribution >= 4 is 17.3 Å². The van der Waals surface area contributed by atoms with Crippen LogP contribution in [0, 0.1) is 16.0 Å². The lowest BCUT2D eigenvalue weighted by Crippen LogP contribution is -2.55. The van der Waals surface area contributed by atoms with Gasteiger partial charge in [-0.15, -0.1) is 0 Å². The van der Waals surface area contributed by atoms with Gasteiger partial charge in [0, 0.05) is 35.8 Å². The zero-order valence-electron chi connectivity index (χ0n) is 11.2. The van der Waals surface area contributed by atoms with Gasteiger partial charge >= 0.3 is 0 Å². The molecule has 20 heavy (non-hydrogen) atoms. The van der Waals surface area contributed by atoms with Gasteiger partial charge < -0.3 is 10.2 Å². The number of rotatable bonds is 4. The van der Waals surface area contributed by atoms with Gasteiger partial charge in [-0.3, -0.25) is 10.1 Å². The summed E-state index contributed by atoms with van der Waals surface area (Å²) in [7, 11) is 0. The monoisotopic (exact) mass is 295 g/mol. The molecule has 0 amide bonds. The number of nitro benzene ring substituents is 1. The second-order valence-electron chi connectivity index (χ2n) is 5.66. The number of nitro groups is 1. The molecule has 3 heterocycles. The van der Waals surface area contributed by atoms with Gasteiger partial charge in [0.1, 0.15) is 0 Å². The SMILES string of the molecule is O=[N+]([O-])c1ccc(Cl)cc1CNC1CN2CCC1CC2. The highest BCUT2D eigenvalue weighted by molar-refractivity contribution is 6.30. The van der Waals surface area contributed by atoms with E-state index in [0.717, 1.165) is 6.54 Å². The maximum Gasteiger partial charge on any atom is 0.273 e. The zero-order chi connectivity index (χ0) is 14.1. The summed E-state index contributed by atoms with van der Waals surface area (Å²) < 4.78 is 0. The number of hydrogen-bond donors (Lipinski definition) is 1. The van der Waals surface area contributed by atoms with Crippen LogP contribution >= 0.6 is 11.6 Å². The third-order valence-corrected chi connectivity index (χ3v) is 4.68. The van der Waals surface area contributed by atoms with Crippen molar-refractivity contribution < 1.29 is 4.92 Å². The molecule has 1 unspecified atom stereocenters. The van der Waals surface area contributed by atoms with E-state index in [9.17, 15) is 10.1 Å². The van der Waals surface area contributed by atoms with Crippen molar-refractivity contribution in [1.82, 2.24) is 10.2 Å². The molecule has 0 spiro atoms. The molecule has 1 N–H and O–H groups in total. The van der Waals surface area contributed by atoms with E-state index in [1.54, 1.807) is 12.1 Å². The minimum atomic E-state index is -0.343. The Labute approximate surface area is 123 Å². The van der Waals surface area contributed by atoms with Crippen LogP contribution in [-0.4, -0.2) is 35.5 Å². The van der Waals surface area contributed by atoms with Crippen LogP contribution in [0.1, 0.15) is 18.4 Å². The lowest BCUT2D eigenvalue weighted by molar-refractivity contribution is -0.385. The number of benzene rings is 1. The Hall–Kier alpha value is -1.17. The van der Waals surface area contributed by atoms with E-state index < -0.39 is 0 Å². The van der Waals surface area contributed by atoms with Gasteiger partial charge in [-0.2, -0.15) is 0 Å². The third kappa shape index (κ3) is 2.80. The molecule has 3 aliphatic heterocycles. The normalized spacial score (nSPS) is 28.6. The molecular weight excluding hydrogens is 278 g/mol. The quantitative estimate of drug-likeness (QED) is 0.685. The van der Waals surface area contributed by atoms with Crippen LogP contribution in [0.25, 0.3) is 0 Å². The predicted molar refractivity (Wildman–Crippen MR) is 77.9 cm³/mol. The fraction of sp³-hybridized carbons (Fsp3) is 0.571. The number of hydrogen-bond acceptors (Lipinski definition) is 4. The van der Waals surface area contributed by atoms with Crippen LogP contribution in [0.15, 0.2) is 18.2 Å². The number of piperidine rings is 3. The molecule has 3 aliphatic rings. The minimum absolute atomic E-state index is 0.142. The molecule has 4 rings (SSSR count). The highest BCUT2D eigenvalue weighted by Crippen LogP contribution is 2.28. The highest BCUT2D eigenvalue weighted by atomic mass is 35.5. The Bertz CT molecular complexity index is 515. The van der Waals surface area contributed by atoms with Crippen LogP contribution in [0.3, 0.4) is 0 Å². The molecule has 3 fully saturated rings. The molecule has 0 aliphatic carbocycles. The van der Waals surface area contributed by atoms with E-state index >= 15 is 0 Å². The summed E-state index contributed by atoms with van der Waals surface area (Å²) in [6, 6.07) is 5.18. The van der Waals surface area contributed by atoms with Gasteiger partial charge in [0.05, 0.1) is 4.92 Å². The van der Waals surface area contributed by atoms with Crippen molar-refractivity contribution in [3.63, 3.8) is 0 Å². The Morgan fingerprint density at radius 2 is 2.15 bits per heavy atom. The summed E-state index contributed by atoms with van der Waals surface area (Å²) >= 11 is 5.95. The Morgan fingerprint density at radius 3 is 2.75 bits per heavy atom. The first kappa shape index (κ1) is 13.8. The van der Waals surface area contributed by atoms with Crippen LogP contribution in [0.2, 0.25) is 5.02 Å². The number of nitrogens with zero attached hydrogens (tertiary/aromatic N) is 2. The second-order valence-corrected chi connectivity index (χ2v) is 6.09. The average molecular weight is 296 g/mol. The summed E-state index contributed by atoms with van der Waals surface area (Å²) in [5, 5.41) is 15.1. The predicted octanol–water partition coefficient (Wildman–Crippen LogP) is 2.43. The number of nitrogens with one attached hydrogen (secondary N) is 1. The van der Waals surface area contributed by atoms with Gasteiger partial charge in [0.15, 0.2) is 0 Å². The summed E-state index contributed by atoms with van der Waals surface area (Å²) in [4.78, 5) is 13.2. The van der Waals surface area contributed by atoms with Crippen molar-refractivity contribution in [2.45, 2.75) is 25.4 Å². The molecular formula is C14H18ClN3O2. The lowest BCUT2D eigenvalue weighted by Gasteiger charge is -2.45. The van der Waals surface area contributed by atoms with Crippen LogP contribution < -0.4 is 5.32 Å². The first-order valence-electron chi connectivity index (χ1n) is 7.02. The van der Waals surface area contributed by atoms with E-state index in [4.69, 9.17) is 11.6 Å². The largest absolute Gasteiger partial charge is 0.308 e. The standard InChI is InChI=1S/C14H18ClN3O2/c15-12-1-2-14(18(19)20)11(7-12)8-16-13-9-17-5-3-10(13)4-6-17/h1-2,7,10,13,16H,3-6,8-9H2. The van der Waals surface area contributed by atoms with Crippen molar-refractivity contribution in [2.24, 2.45) is 5.92 Å². The lowest BCUT2D eigenvalue weighted by atomic mass is 9.84. The van der Waals surface area contributed by atoms with Crippen molar-refractivity contribution in [2.75, 3.05) is 19.6 Å². The van der Waals surface area contributed by atoms with Crippen LogP contribution in [0.4, 0.5) is 5.69 Å². The number of halogens is 1. The molecule has 6 heteroatoms. The Balaban J connectivity index is 1.69. The molecule has 1 atom stereocenters. The van der Waals surface area contributed by atoms with E-state index in [-0.39, 0.29) is 10.6 Å². The second kappa shape index (κ2) is 5.68. The molecule has 3 saturated heterocycles. The number of fused-ring (bicyclic) bond motifs is 3. The maximum atomic E-state index is 11.0. The highest BCUT2D eigenvalue weighted by Gasteiger charge is 2.33. The summed E-state index contributed by atoms with van der Waals surface area (Å²) in [5.41, 5.74) is 0.808. The molecule has 0 saturated carbocycles. The smallest absolute Gasteiger partial charge is 0.273 e. The van der Waals surface area contributed by atoms with E-state index in [2.05, 4.69) is 10.2 Å². The first-order chi connectivity index (χ1) is 9.63. The van der Waals surface area contributed by atoms with Crippen molar-refractivity contribution in [3.05, 3.63) is 38.9 Å². The van der Waals surface area contributed by atoms with E-state index in [1.807, 2.05) is 0 Å². The fourth-order valence-electron chi connectivity index (χ4n) is 3.31. The van der Waals surface area contributed by atoms with Gasteiger partial charge in [-0.05, 0) is 44.0 Å². The molecule has 108 valence electrons. The first-order valence-corrected chi connectivity index (χ1v) is 7.40. The molecule has 2 bridgehead atoms. The molecule has 1 aromatic carbocycles. The molecule has 5 nitrogen and oxygen atoms in total. The Morgan fingerprint density at radius 1 is 1.40 bits per heavy atom. The van der Waals surface area contributed by atoms with Crippen molar-refractivity contribution in [1.29, 1.82) is 0 Å². The topological polar surface area (TPSA) is 58.4 Å². The van der Waals surface area contributed by atoms with E-state index in [0.29, 0.717) is 29.1 Å². The van der Waals surface area contributed by atoms with E-state index in [1.165, 1.54) is 32.0 Å². The maximum absolute atomic E-state index is 11.0. The van der Waals surface area contributed by atoms with Crippen molar-refractivity contribution in [3.8, 4) is 0 Å². The minimum Gasteiger partial charge on any atom is -0.308 e. The summed E-state index contributed by atoms with van der Waals surface area (Å²) in [6.45, 7) is 3.95. The Kier molecular flexibility index (Phi) is 3.92. The zero-order valence-corrected chi connectivity index (χ0v) is 12.0. The fourth-order valence-corrected chi connectivity index (χ4v) is 3.51. The molecule has 0 aromatic heterocycles.